The molecule has 1 fully saturated rings. The van der Waals surface area contributed by atoms with Crippen molar-refractivity contribution in [1.82, 2.24) is 0 Å². The molecule has 0 aromatic heterocycles. The summed E-state index contributed by atoms with van der Waals surface area (Å²) >= 11 is 0. The molecular weight excluding hydrogens is 150 g/mol. The summed E-state index contributed by atoms with van der Waals surface area (Å²) in [6.07, 6.45) is 4.81. The summed E-state index contributed by atoms with van der Waals surface area (Å²) in [4.78, 5) is 11.3. The van der Waals surface area contributed by atoms with Crippen LogP contribution in [-0.4, -0.2) is 11.3 Å². The number of nitrogens with two attached hydrogens (primary N) is 1. The molecule has 0 atom stereocenters. The molecule has 0 unspecified atom stereocenters. The topological polar surface area (TPSA) is 43.1 Å². The molecule has 1 saturated carbocycles. The van der Waals surface area contributed by atoms with Crippen molar-refractivity contribution < 1.29 is 4.79 Å². The molecule has 0 saturated heterocycles. The molecule has 0 aromatic rings. The third-order valence-corrected chi connectivity index (χ3v) is 2.26. The van der Waals surface area contributed by atoms with E-state index in [0.29, 0.717) is 12.2 Å². The van der Waals surface area contributed by atoms with Crippen molar-refractivity contribution in [1.29, 1.82) is 0 Å². The number of hydrogen-bond donors (Lipinski definition) is 1. The lowest BCUT2D eigenvalue weighted by Gasteiger charge is -2.17. The van der Waals surface area contributed by atoms with Crippen molar-refractivity contribution in [3.05, 3.63) is 0 Å². The van der Waals surface area contributed by atoms with E-state index in [9.17, 15) is 4.79 Å². The van der Waals surface area contributed by atoms with E-state index in [-0.39, 0.29) is 5.54 Å². The Morgan fingerprint density at radius 3 is 2.50 bits per heavy atom. The molecule has 0 radical (unpaired) electrons. The van der Waals surface area contributed by atoms with E-state index >= 15 is 0 Å². The molecule has 1 aliphatic carbocycles. The maximum atomic E-state index is 11.3. The molecular formula is C10H19NO. The van der Waals surface area contributed by atoms with Gasteiger partial charge in [-0.1, -0.05) is 0 Å². The number of hydrogen-bond acceptors (Lipinski definition) is 2. The van der Waals surface area contributed by atoms with E-state index in [1.54, 1.807) is 0 Å². The second-order valence-electron chi connectivity index (χ2n) is 4.67. The van der Waals surface area contributed by atoms with Crippen LogP contribution in [0.25, 0.3) is 0 Å². The standard InChI is InChI=1S/C10H19NO/c1-10(2,11)6-5-9(12)7-8-3-4-8/h8H,3-7,11H2,1-2H3. The van der Waals surface area contributed by atoms with Crippen molar-refractivity contribution in [2.75, 3.05) is 0 Å². The van der Waals surface area contributed by atoms with Gasteiger partial charge in [0, 0.05) is 18.4 Å². The maximum absolute atomic E-state index is 11.3. The molecule has 2 N–H and O–H groups in total. The zero-order chi connectivity index (χ0) is 9.19. The zero-order valence-electron chi connectivity index (χ0n) is 8.10. The molecule has 0 aromatic carbocycles. The monoisotopic (exact) mass is 169 g/mol. The smallest absolute Gasteiger partial charge is 0.133 e. The Morgan fingerprint density at radius 2 is 2.08 bits per heavy atom. The molecule has 70 valence electrons. The number of Topliss-reactive ketones (excluding diaryl/α,β-unsaturated/α-hetero) is 1. The first-order valence-electron chi connectivity index (χ1n) is 4.78. The van der Waals surface area contributed by atoms with E-state index in [2.05, 4.69) is 0 Å². The van der Waals surface area contributed by atoms with Gasteiger partial charge in [0.15, 0.2) is 0 Å². The second-order valence-corrected chi connectivity index (χ2v) is 4.67. The van der Waals surface area contributed by atoms with Crippen LogP contribution in [0.5, 0.6) is 0 Å². The van der Waals surface area contributed by atoms with Crippen LogP contribution in [-0.2, 0) is 4.79 Å². The number of carbonyl (C=O) groups excluding carboxylic acids is 1. The highest BCUT2D eigenvalue weighted by atomic mass is 16.1. The van der Waals surface area contributed by atoms with Gasteiger partial charge in [-0.15, -0.1) is 0 Å². The first-order chi connectivity index (χ1) is 5.47. The Balaban J connectivity index is 2.09. The van der Waals surface area contributed by atoms with Crippen molar-refractivity contribution in [3.63, 3.8) is 0 Å². The average Bonchev–Trinajstić information content (AvgIpc) is 2.66. The van der Waals surface area contributed by atoms with Crippen LogP contribution in [0, 0.1) is 5.92 Å². The Labute approximate surface area is 74.5 Å². The lowest BCUT2D eigenvalue weighted by Crippen LogP contribution is -2.32. The van der Waals surface area contributed by atoms with E-state index in [0.717, 1.165) is 18.8 Å². The minimum atomic E-state index is -0.181. The summed E-state index contributed by atoms with van der Waals surface area (Å²) in [6.45, 7) is 3.94. The lowest BCUT2D eigenvalue weighted by molar-refractivity contribution is -0.119. The molecule has 0 amide bonds. The predicted octanol–water partition coefficient (Wildman–Crippen LogP) is 1.87. The minimum Gasteiger partial charge on any atom is -0.326 e. The second kappa shape index (κ2) is 3.56. The molecule has 12 heavy (non-hydrogen) atoms. The highest BCUT2D eigenvalue weighted by Crippen LogP contribution is 2.33. The van der Waals surface area contributed by atoms with E-state index in [4.69, 9.17) is 5.73 Å². The van der Waals surface area contributed by atoms with Crippen LogP contribution < -0.4 is 5.73 Å². The van der Waals surface area contributed by atoms with Gasteiger partial charge < -0.3 is 5.73 Å². The maximum Gasteiger partial charge on any atom is 0.133 e. The van der Waals surface area contributed by atoms with Crippen LogP contribution in [0.4, 0.5) is 0 Å². The van der Waals surface area contributed by atoms with Crippen molar-refractivity contribution in [2.24, 2.45) is 11.7 Å². The van der Waals surface area contributed by atoms with Crippen molar-refractivity contribution in [3.8, 4) is 0 Å². The number of rotatable bonds is 5. The van der Waals surface area contributed by atoms with Gasteiger partial charge in [-0.25, -0.2) is 0 Å². The SMILES string of the molecule is CC(C)(N)CCC(=O)CC1CC1. The van der Waals surface area contributed by atoms with E-state index in [1.807, 2.05) is 13.8 Å². The minimum absolute atomic E-state index is 0.181. The fourth-order valence-corrected chi connectivity index (χ4v) is 1.21. The lowest BCUT2D eigenvalue weighted by atomic mass is 9.97. The molecule has 0 spiro atoms. The third kappa shape index (κ3) is 4.50. The summed E-state index contributed by atoms with van der Waals surface area (Å²) < 4.78 is 0. The quantitative estimate of drug-likeness (QED) is 0.682. The van der Waals surface area contributed by atoms with Crippen LogP contribution in [0.15, 0.2) is 0 Å². The molecule has 0 aliphatic heterocycles. The third-order valence-electron chi connectivity index (χ3n) is 2.26. The first-order valence-corrected chi connectivity index (χ1v) is 4.78. The molecule has 0 bridgehead atoms. The van der Waals surface area contributed by atoms with E-state index < -0.39 is 0 Å². The van der Waals surface area contributed by atoms with Gasteiger partial charge in [0.05, 0.1) is 0 Å². The summed E-state index contributed by atoms with van der Waals surface area (Å²) in [5, 5.41) is 0. The van der Waals surface area contributed by atoms with Gasteiger partial charge in [0.2, 0.25) is 0 Å². The van der Waals surface area contributed by atoms with Crippen molar-refractivity contribution in [2.45, 2.75) is 51.5 Å². The Bertz CT molecular complexity index is 165. The summed E-state index contributed by atoms with van der Waals surface area (Å²) in [5.74, 6) is 1.12. The molecule has 1 aliphatic rings. The predicted molar refractivity (Wildman–Crippen MR) is 49.8 cm³/mol. The Hall–Kier alpha value is -0.370. The van der Waals surface area contributed by atoms with Crippen LogP contribution in [0.3, 0.4) is 0 Å². The summed E-state index contributed by atoms with van der Waals surface area (Å²) in [7, 11) is 0. The molecule has 2 nitrogen and oxygen atoms in total. The highest BCUT2D eigenvalue weighted by Gasteiger charge is 2.24. The van der Waals surface area contributed by atoms with Crippen LogP contribution in [0.2, 0.25) is 0 Å². The largest absolute Gasteiger partial charge is 0.326 e. The van der Waals surface area contributed by atoms with Gasteiger partial charge >= 0.3 is 0 Å². The Kier molecular flexibility index (Phi) is 2.89. The van der Waals surface area contributed by atoms with Crippen LogP contribution in [0.1, 0.15) is 46.0 Å². The normalized spacial score (nSPS) is 17.9. The molecule has 2 heteroatoms. The van der Waals surface area contributed by atoms with Gasteiger partial charge in [-0.3, -0.25) is 4.79 Å². The first kappa shape index (κ1) is 9.72. The molecule has 0 heterocycles. The van der Waals surface area contributed by atoms with Crippen LogP contribution >= 0.6 is 0 Å². The van der Waals surface area contributed by atoms with E-state index in [1.165, 1.54) is 12.8 Å². The Morgan fingerprint density at radius 1 is 1.50 bits per heavy atom. The molecule has 1 rings (SSSR count). The summed E-state index contributed by atoms with van der Waals surface area (Å²) in [6, 6.07) is 0. The summed E-state index contributed by atoms with van der Waals surface area (Å²) in [5.41, 5.74) is 5.60. The van der Waals surface area contributed by atoms with Gasteiger partial charge in [-0.2, -0.15) is 0 Å². The van der Waals surface area contributed by atoms with Crippen molar-refractivity contribution >= 4 is 5.78 Å². The average molecular weight is 169 g/mol. The fourth-order valence-electron chi connectivity index (χ4n) is 1.21. The van der Waals surface area contributed by atoms with Gasteiger partial charge in [-0.05, 0) is 39.0 Å². The zero-order valence-corrected chi connectivity index (χ0v) is 8.10. The number of carbonyl (C=O) groups is 1. The van der Waals surface area contributed by atoms with Gasteiger partial charge in [0.25, 0.3) is 0 Å². The number of ketones is 1. The highest BCUT2D eigenvalue weighted by molar-refractivity contribution is 5.78. The fraction of sp³-hybridized carbons (Fsp3) is 0.900. The van der Waals surface area contributed by atoms with Gasteiger partial charge in [0.1, 0.15) is 5.78 Å².